The second-order valence-corrected chi connectivity index (χ2v) is 3.68. The van der Waals surface area contributed by atoms with Crippen LogP contribution in [0.4, 0.5) is 0 Å². The van der Waals surface area contributed by atoms with E-state index in [0.29, 0.717) is 19.8 Å². The van der Waals surface area contributed by atoms with Crippen LogP contribution in [0.1, 0.15) is 22.4 Å². The zero-order chi connectivity index (χ0) is 13.1. The Labute approximate surface area is 103 Å². The fourth-order valence-corrected chi connectivity index (χ4v) is 1.59. The maximum Gasteiger partial charge on any atom is 0.360 e. The Hall–Kier alpha value is -1.93. The van der Waals surface area contributed by atoms with Gasteiger partial charge in [-0.2, -0.15) is 4.98 Å². The second kappa shape index (κ2) is 5.15. The second-order valence-electron chi connectivity index (χ2n) is 3.68. The molecule has 98 valence electrons. The van der Waals surface area contributed by atoms with E-state index in [9.17, 15) is 15.0 Å². The molecule has 8 heteroatoms. The molecule has 3 N–H and O–H groups in total. The molecule has 1 fully saturated rings. The number of nitrogens with zero attached hydrogens (tertiary/aromatic N) is 2. The molecule has 0 amide bonds. The first-order valence-electron chi connectivity index (χ1n) is 5.32. The monoisotopic (exact) mass is 255 g/mol. The molecular formula is C10H13N3O5. The van der Waals surface area contributed by atoms with E-state index in [2.05, 4.69) is 20.0 Å². The van der Waals surface area contributed by atoms with Gasteiger partial charge in [0.2, 0.25) is 5.75 Å². The average molecular weight is 255 g/mol. The minimum atomic E-state index is -0.844. The zero-order valence-electron chi connectivity index (χ0n) is 9.71. The van der Waals surface area contributed by atoms with Gasteiger partial charge in [0.25, 0.3) is 5.88 Å². The molecule has 1 aromatic rings. The largest absolute Gasteiger partial charge is 0.501 e. The highest BCUT2D eigenvalue weighted by molar-refractivity contribution is 5.90. The number of rotatable bonds is 2. The van der Waals surface area contributed by atoms with Gasteiger partial charge in [0.1, 0.15) is 0 Å². The Bertz CT molecular complexity index is 459. The topological polar surface area (TPSA) is 114 Å². The van der Waals surface area contributed by atoms with Gasteiger partial charge < -0.3 is 25.0 Å². The van der Waals surface area contributed by atoms with E-state index in [1.807, 2.05) is 0 Å². The molecule has 1 atom stereocenters. The molecule has 1 saturated heterocycles. The number of ether oxygens (including phenoxy) is 2. The molecule has 0 aliphatic carbocycles. The van der Waals surface area contributed by atoms with E-state index in [0.717, 1.165) is 7.11 Å². The van der Waals surface area contributed by atoms with Crippen LogP contribution in [0, 0.1) is 0 Å². The summed E-state index contributed by atoms with van der Waals surface area (Å²) in [5.41, 5.74) is -0.368. The molecule has 0 spiro atoms. The van der Waals surface area contributed by atoms with Crippen molar-refractivity contribution in [2.75, 3.05) is 26.9 Å². The highest BCUT2D eigenvalue weighted by Gasteiger charge is 2.25. The van der Waals surface area contributed by atoms with Gasteiger partial charge in [-0.25, -0.2) is 9.78 Å². The maximum atomic E-state index is 11.4. The number of esters is 1. The summed E-state index contributed by atoms with van der Waals surface area (Å²) < 4.78 is 9.69. The lowest BCUT2D eigenvalue weighted by Crippen LogP contribution is -2.35. The number of aromatic hydroxyl groups is 2. The van der Waals surface area contributed by atoms with Crippen LogP contribution in [0.15, 0.2) is 0 Å². The Morgan fingerprint density at radius 2 is 2.28 bits per heavy atom. The van der Waals surface area contributed by atoms with E-state index in [4.69, 9.17) is 4.74 Å². The normalized spacial score (nSPS) is 19.5. The number of hydrogen-bond donors (Lipinski definition) is 3. The molecule has 0 bridgehead atoms. The summed E-state index contributed by atoms with van der Waals surface area (Å²) in [5, 5.41) is 22.0. The highest BCUT2D eigenvalue weighted by Crippen LogP contribution is 2.27. The summed E-state index contributed by atoms with van der Waals surface area (Å²) in [5.74, 6) is -2.02. The first-order valence-corrected chi connectivity index (χ1v) is 5.32. The number of carbonyl (C=O) groups is 1. The van der Waals surface area contributed by atoms with Gasteiger partial charge in [-0.3, -0.25) is 0 Å². The molecule has 1 aromatic heterocycles. The van der Waals surface area contributed by atoms with E-state index in [1.165, 1.54) is 0 Å². The van der Waals surface area contributed by atoms with Crippen molar-refractivity contribution in [2.24, 2.45) is 0 Å². The fourth-order valence-electron chi connectivity index (χ4n) is 1.59. The SMILES string of the molecule is COC(=O)c1nc(C2COCCN2)nc(O)c1O. The van der Waals surface area contributed by atoms with Crippen LogP contribution in [-0.4, -0.2) is 53.0 Å². The van der Waals surface area contributed by atoms with Crippen molar-refractivity contribution in [3.05, 3.63) is 11.5 Å². The van der Waals surface area contributed by atoms with Crippen LogP contribution in [0.2, 0.25) is 0 Å². The van der Waals surface area contributed by atoms with Gasteiger partial charge in [-0.05, 0) is 0 Å². The predicted molar refractivity (Wildman–Crippen MR) is 58.3 cm³/mol. The van der Waals surface area contributed by atoms with Crippen molar-refractivity contribution in [3.63, 3.8) is 0 Å². The molecule has 1 aliphatic rings. The molecule has 2 heterocycles. The minimum absolute atomic E-state index is 0.172. The van der Waals surface area contributed by atoms with Crippen molar-refractivity contribution < 1.29 is 24.5 Å². The molecule has 0 radical (unpaired) electrons. The highest BCUT2D eigenvalue weighted by atomic mass is 16.5. The quantitative estimate of drug-likeness (QED) is 0.596. The Morgan fingerprint density at radius 3 is 2.89 bits per heavy atom. The first kappa shape index (κ1) is 12.5. The number of hydrogen-bond acceptors (Lipinski definition) is 8. The van der Waals surface area contributed by atoms with Gasteiger partial charge in [-0.1, -0.05) is 0 Å². The third-order valence-corrected chi connectivity index (χ3v) is 2.49. The van der Waals surface area contributed by atoms with Gasteiger partial charge >= 0.3 is 5.97 Å². The number of methoxy groups -OCH3 is 1. The van der Waals surface area contributed by atoms with E-state index in [-0.39, 0.29) is 17.6 Å². The average Bonchev–Trinajstić information content (AvgIpc) is 2.41. The molecule has 0 aromatic carbocycles. The fraction of sp³-hybridized carbons (Fsp3) is 0.500. The molecule has 1 aliphatic heterocycles. The first-order chi connectivity index (χ1) is 8.63. The van der Waals surface area contributed by atoms with E-state index >= 15 is 0 Å². The minimum Gasteiger partial charge on any atom is -0.501 e. The maximum absolute atomic E-state index is 11.4. The summed E-state index contributed by atoms with van der Waals surface area (Å²) in [4.78, 5) is 19.0. The molecule has 18 heavy (non-hydrogen) atoms. The molecular weight excluding hydrogens is 242 g/mol. The van der Waals surface area contributed by atoms with Crippen LogP contribution in [0.3, 0.4) is 0 Å². The predicted octanol–water partition coefficient (Wildman–Crippen LogP) is -0.665. The zero-order valence-corrected chi connectivity index (χ0v) is 9.71. The van der Waals surface area contributed by atoms with Crippen molar-refractivity contribution in [1.82, 2.24) is 15.3 Å². The summed E-state index contributed by atoms with van der Waals surface area (Å²) in [6.45, 7) is 1.51. The van der Waals surface area contributed by atoms with Crippen molar-refractivity contribution >= 4 is 5.97 Å². The standard InChI is InChI=1S/C10H13N3O5/c1-17-10(16)6-7(14)9(15)13-8(12-6)5-4-18-3-2-11-5/h5,11,14H,2-4H2,1H3,(H,12,13,15). The van der Waals surface area contributed by atoms with Gasteiger partial charge in [0.15, 0.2) is 11.5 Å². The van der Waals surface area contributed by atoms with Crippen LogP contribution in [0.5, 0.6) is 11.6 Å². The van der Waals surface area contributed by atoms with E-state index in [1.54, 1.807) is 0 Å². The van der Waals surface area contributed by atoms with E-state index < -0.39 is 17.6 Å². The Kier molecular flexibility index (Phi) is 3.58. The molecule has 8 nitrogen and oxygen atoms in total. The lowest BCUT2D eigenvalue weighted by Gasteiger charge is -2.22. The Balaban J connectivity index is 2.36. The molecule has 1 unspecified atom stereocenters. The van der Waals surface area contributed by atoms with Crippen molar-refractivity contribution in [2.45, 2.75) is 6.04 Å². The number of morpholine rings is 1. The van der Waals surface area contributed by atoms with Gasteiger partial charge in [0, 0.05) is 6.54 Å². The van der Waals surface area contributed by atoms with Crippen LogP contribution < -0.4 is 5.32 Å². The number of aromatic nitrogens is 2. The summed E-state index contributed by atoms with van der Waals surface area (Å²) in [6.07, 6.45) is 0. The van der Waals surface area contributed by atoms with Crippen LogP contribution in [0.25, 0.3) is 0 Å². The lowest BCUT2D eigenvalue weighted by molar-refractivity contribution is 0.0583. The van der Waals surface area contributed by atoms with Crippen molar-refractivity contribution in [1.29, 1.82) is 0 Å². The molecule has 2 rings (SSSR count). The third-order valence-electron chi connectivity index (χ3n) is 2.49. The number of carbonyl (C=O) groups excluding carboxylic acids is 1. The van der Waals surface area contributed by atoms with Crippen molar-refractivity contribution in [3.8, 4) is 11.6 Å². The summed E-state index contributed by atoms with van der Waals surface area (Å²) in [6, 6.07) is -0.339. The van der Waals surface area contributed by atoms with Gasteiger partial charge in [-0.15, -0.1) is 0 Å². The lowest BCUT2D eigenvalue weighted by atomic mass is 10.2. The Morgan fingerprint density at radius 1 is 1.50 bits per heavy atom. The summed E-state index contributed by atoms with van der Waals surface area (Å²) >= 11 is 0. The number of nitrogens with one attached hydrogen (secondary N) is 1. The van der Waals surface area contributed by atoms with Gasteiger partial charge in [0.05, 0.1) is 26.4 Å². The summed E-state index contributed by atoms with van der Waals surface area (Å²) in [7, 11) is 1.16. The smallest absolute Gasteiger partial charge is 0.360 e. The third kappa shape index (κ3) is 2.34. The van der Waals surface area contributed by atoms with Crippen LogP contribution in [-0.2, 0) is 9.47 Å². The van der Waals surface area contributed by atoms with Crippen LogP contribution >= 0.6 is 0 Å². The molecule has 0 saturated carbocycles.